The molecule has 2 heterocycles. The van der Waals surface area contributed by atoms with Crippen LogP contribution in [0.1, 0.15) is 91.2 Å². The number of halogens is 3. The minimum Gasteiger partial charge on any atom is -0.465 e. The molecule has 2 aliphatic heterocycles. The number of benzene rings is 2. The summed E-state index contributed by atoms with van der Waals surface area (Å²) in [7, 11) is 0. The van der Waals surface area contributed by atoms with Gasteiger partial charge in [0.05, 0.1) is 17.2 Å². The third kappa shape index (κ3) is 7.99. The second-order valence-electron chi connectivity index (χ2n) is 16.0. The highest BCUT2D eigenvalue weighted by Crippen LogP contribution is 2.52. The van der Waals surface area contributed by atoms with Gasteiger partial charge in [0, 0.05) is 45.5 Å². The van der Waals surface area contributed by atoms with Gasteiger partial charge in [0.25, 0.3) is 0 Å². The van der Waals surface area contributed by atoms with E-state index in [4.69, 9.17) is 9.98 Å². The number of hydrogen-bond acceptors (Lipinski definition) is 7. The van der Waals surface area contributed by atoms with E-state index in [9.17, 15) is 38.1 Å². The van der Waals surface area contributed by atoms with Crippen molar-refractivity contribution in [1.82, 2.24) is 9.80 Å². The third-order valence-electron chi connectivity index (χ3n) is 10.3. The summed E-state index contributed by atoms with van der Waals surface area (Å²) in [5.74, 6) is 0.223. The average Bonchev–Trinajstić information content (AvgIpc) is 3.04. The zero-order chi connectivity index (χ0) is 38.2. The van der Waals surface area contributed by atoms with Crippen molar-refractivity contribution in [3.05, 3.63) is 71.3 Å². The van der Waals surface area contributed by atoms with Crippen LogP contribution in [0.5, 0.6) is 0 Å². The highest BCUT2D eigenvalue weighted by atomic mass is 32.2. The molecule has 52 heavy (non-hydrogen) atoms. The number of aliphatic hydroxyl groups excluding tert-OH is 1. The highest BCUT2D eigenvalue weighted by molar-refractivity contribution is 8.14. The molecule has 2 fully saturated rings. The van der Waals surface area contributed by atoms with Crippen LogP contribution in [0.25, 0.3) is 0 Å². The number of nitrogens with zero attached hydrogens (tertiary/aromatic N) is 4. The topological polar surface area (TPSA) is 126 Å². The van der Waals surface area contributed by atoms with E-state index in [-0.39, 0.29) is 23.5 Å². The number of carboxylic acid groups (broad SMARTS) is 2. The van der Waals surface area contributed by atoms with Crippen LogP contribution in [-0.2, 0) is 11.1 Å². The first-order chi connectivity index (χ1) is 24.3. The molecule has 4 aliphatic rings. The van der Waals surface area contributed by atoms with Crippen molar-refractivity contribution in [1.29, 1.82) is 0 Å². The molecule has 6 atom stereocenters. The second kappa shape index (κ2) is 15.3. The van der Waals surface area contributed by atoms with Crippen LogP contribution < -0.4 is 0 Å². The Morgan fingerprint density at radius 3 is 1.54 bits per heavy atom. The quantitative estimate of drug-likeness (QED) is 0.279. The lowest BCUT2D eigenvalue weighted by Crippen LogP contribution is -2.52. The monoisotopic (exact) mass is 762 g/mol. The summed E-state index contributed by atoms with van der Waals surface area (Å²) in [6.45, 7) is 10.8. The van der Waals surface area contributed by atoms with Crippen LogP contribution in [0.15, 0.2) is 58.5 Å². The molecule has 0 spiro atoms. The van der Waals surface area contributed by atoms with Crippen LogP contribution in [-0.4, -0.2) is 82.5 Å². The van der Waals surface area contributed by atoms with Crippen LogP contribution in [0, 0.1) is 23.5 Å². The zero-order valence-electron chi connectivity index (χ0n) is 30.5. The fraction of sp³-hybridized carbons (Fsp3) is 0.579. The largest absolute Gasteiger partial charge is 0.465 e. The number of aliphatic hydroxyl groups is 1. The molecular formula is C38H49F3N4O5S2. The van der Waals surface area contributed by atoms with Crippen molar-refractivity contribution >= 4 is 46.0 Å². The smallest absolute Gasteiger partial charge is 0.413 e. The number of hydrogen-bond donors (Lipinski definition) is 3. The summed E-state index contributed by atoms with van der Waals surface area (Å²) in [5, 5.41) is 30.3. The molecule has 2 amide bonds. The van der Waals surface area contributed by atoms with Crippen molar-refractivity contribution in [2.75, 3.05) is 11.5 Å². The third-order valence-corrected chi connectivity index (χ3v) is 12.6. The van der Waals surface area contributed by atoms with Crippen LogP contribution in [0.3, 0.4) is 0 Å². The summed E-state index contributed by atoms with van der Waals surface area (Å²) in [5.41, 5.74) is -2.15. The first-order valence-corrected chi connectivity index (χ1v) is 19.6. The van der Waals surface area contributed by atoms with E-state index in [1.54, 1.807) is 57.2 Å². The predicted molar refractivity (Wildman–Crippen MR) is 201 cm³/mol. The molecule has 2 aromatic rings. The molecule has 284 valence electrons. The maximum atomic E-state index is 14.7. The summed E-state index contributed by atoms with van der Waals surface area (Å²) in [4.78, 5) is 35.9. The molecule has 0 aromatic heterocycles. The van der Waals surface area contributed by atoms with Gasteiger partial charge in [-0.15, -0.1) is 0 Å². The molecule has 0 unspecified atom stereocenters. The van der Waals surface area contributed by atoms with Gasteiger partial charge >= 0.3 is 12.2 Å². The molecule has 0 radical (unpaired) electrons. The SMILES string of the molecule is CC(C)(C)N(C(=O)O)C1=N[C@@]2(c3ccccc3F)CC[C@@H](O)C[C@H]2CS1.CC(C)(C)N(C(=O)O)C1=N[C@@]2(c3ccccc3F)CC[C@H](F)C[C@H]2CS1. The highest BCUT2D eigenvalue weighted by Gasteiger charge is 2.52. The van der Waals surface area contributed by atoms with Gasteiger partial charge in [-0.3, -0.25) is 19.8 Å². The van der Waals surface area contributed by atoms with E-state index in [0.717, 1.165) is 0 Å². The Labute approximate surface area is 312 Å². The number of thioether (sulfide) groups is 2. The van der Waals surface area contributed by atoms with Crippen LogP contribution in [0.4, 0.5) is 22.8 Å². The maximum Gasteiger partial charge on any atom is 0.413 e. The lowest BCUT2D eigenvalue weighted by Gasteiger charge is -2.47. The fourth-order valence-electron chi connectivity index (χ4n) is 7.89. The van der Waals surface area contributed by atoms with Gasteiger partial charge in [-0.2, -0.15) is 0 Å². The lowest BCUT2D eigenvalue weighted by atomic mass is 9.69. The Morgan fingerprint density at radius 2 is 1.13 bits per heavy atom. The maximum absolute atomic E-state index is 14.7. The molecule has 9 nitrogen and oxygen atoms in total. The number of alkyl halides is 1. The van der Waals surface area contributed by atoms with E-state index in [0.29, 0.717) is 71.5 Å². The minimum absolute atomic E-state index is 0.0347. The molecule has 3 N–H and O–H groups in total. The molecule has 0 bridgehead atoms. The number of rotatable bonds is 2. The Kier molecular flexibility index (Phi) is 11.7. The van der Waals surface area contributed by atoms with Gasteiger partial charge in [0.15, 0.2) is 10.3 Å². The first-order valence-electron chi connectivity index (χ1n) is 17.6. The number of carbonyl (C=O) groups is 2. The first kappa shape index (κ1) is 40.0. The number of fused-ring (bicyclic) bond motifs is 2. The average molecular weight is 763 g/mol. The Bertz CT molecular complexity index is 1590. The van der Waals surface area contributed by atoms with E-state index >= 15 is 0 Å². The predicted octanol–water partition coefficient (Wildman–Crippen LogP) is 9.10. The summed E-state index contributed by atoms with van der Waals surface area (Å²) in [6, 6.07) is 13.0. The molecule has 6 rings (SSSR count). The summed E-state index contributed by atoms with van der Waals surface area (Å²) in [6.07, 6.45) is -0.939. The molecule has 14 heteroatoms. The van der Waals surface area contributed by atoms with E-state index < -0.39 is 46.6 Å². The number of amidine groups is 2. The van der Waals surface area contributed by atoms with Gasteiger partial charge in [-0.05, 0) is 92.2 Å². The van der Waals surface area contributed by atoms with E-state index in [1.807, 2.05) is 20.8 Å². The molecule has 0 saturated heterocycles. The van der Waals surface area contributed by atoms with Crippen molar-refractivity contribution in [2.45, 2.75) is 114 Å². The normalized spacial score (nSPS) is 28.9. The zero-order valence-corrected chi connectivity index (χ0v) is 32.1. The summed E-state index contributed by atoms with van der Waals surface area (Å²) < 4.78 is 43.4. The Hall–Kier alpha value is -3.23. The van der Waals surface area contributed by atoms with Crippen molar-refractivity contribution in [2.24, 2.45) is 21.8 Å². The van der Waals surface area contributed by atoms with Gasteiger partial charge < -0.3 is 15.3 Å². The molecule has 2 aliphatic carbocycles. The van der Waals surface area contributed by atoms with Gasteiger partial charge in [0.2, 0.25) is 0 Å². The molecule has 2 saturated carbocycles. The van der Waals surface area contributed by atoms with Gasteiger partial charge in [0.1, 0.15) is 17.8 Å². The van der Waals surface area contributed by atoms with Gasteiger partial charge in [-0.25, -0.2) is 22.8 Å². The number of amides is 2. The lowest BCUT2D eigenvalue weighted by molar-refractivity contribution is 0.0588. The molecular weight excluding hydrogens is 714 g/mol. The van der Waals surface area contributed by atoms with Crippen molar-refractivity contribution in [3.63, 3.8) is 0 Å². The van der Waals surface area contributed by atoms with Crippen molar-refractivity contribution in [3.8, 4) is 0 Å². The summed E-state index contributed by atoms with van der Waals surface area (Å²) >= 11 is 2.69. The van der Waals surface area contributed by atoms with E-state index in [1.165, 1.54) is 45.5 Å². The van der Waals surface area contributed by atoms with Crippen LogP contribution >= 0.6 is 23.5 Å². The van der Waals surface area contributed by atoms with E-state index in [2.05, 4.69) is 0 Å². The fourth-order valence-corrected chi connectivity index (χ4v) is 10.8. The second-order valence-corrected chi connectivity index (χ2v) is 18.0. The standard InChI is InChI=1S/C19H24F2N2O2S.C19H25FN2O3S/c1-18(2,3)23(17(24)25)16-22-19(14-6-4-5-7-15(14)21)9-8-13(20)10-12(19)11-26-16;1-18(2,3)22(17(24)25)16-21-19(14-6-4-5-7-15(14)20)9-8-13(23)10-12(19)11-26-16/h4-7,12-13H,8-11H2,1-3H3,(H,24,25);4-7,12-13,23H,8-11H2,1-3H3,(H,24,25)/t12-,13-,19-;12-,13+,19-/m00/s1. The van der Waals surface area contributed by atoms with Crippen molar-refractivity contribution < 1.29 is 38.1 Å². The minimum atomic E-state index is -1.09. The molecule has 2 aromatic carbocycles. The van der Waals surface area contributed by atoms with Crippen LogP contribution in [0.2, 0.25) is 0 Å². The Balaban J connectivity index is 0.000000201. The Morgan fingerprint density at radius 1 is 0.731 bits per heavy atom. The number of aliphatic imine (C=N–C) groups is 2. The van der Waals surface area contributed by atoms with Gasteiger partial charge in [-0.1, -0.05) is 59.9 Å².